The number of sulfonamides is 1. The summed E-state index contributed by atoms with van der Waals surface area (Å²) in [5.74, 6) is -1.10. The number of nitrogens with one attached hydrogen (secondary N) is 1. The Hall–Kier alpha value is -2.39. The normalized spacial score (nSPS) is 13.0. The third-order valence-corrected chi connectivity index (χ3v) is 4.81. The van der Waals surface area contributed by atoms with Gasteiger partial charge in [0.25, 0.3) is 0 Å². The van der Waals surface area contributed by atoms with Crippen molar-refractivity contribution in [3.05, 3.63) is 36.7 Å². The summed E-state index contributed by atoms with van der Waals surface area (Å²) >= 11 is 0. The molecule has 1 heterocycles. The molecular weight excluding hydrogens is 334 g/mol. The Morgan fingerprint density at radius 2 is 2.00 bits per heavy atom. The lowest BCUT2D eigenvalue weighted by Crippen LogP contribution is -2.44. The van der Waals surface area contributed by atoms with Gasteiger partial charge < -0.3 is 9.84 Å². The Morgan fingerprint density at radius 1 is 1.33 bits per heavy atom. The highest BCUT2D eigenvalue weighted by Crippen LogP contribution is 2.22. The molecule has 9 heteroatoms. The Balaban J connectivity index is 2.34. The van der Waals surface area contributed by atoms with Crippen molar-refractivity contribution in [3.63, 3.8) is 0 Å². The summed E-state index contributed by atoms with van der Waals surface area (Å²) in [5, 5.41) is 13.2. The number of methoxy groups -OCH3 is 1. The van der Waals surface area contributed by atoms with Crippen LogP contribution in [0.1, 0.15) is 13.8 Å². The van der Waals surface area contributed by atoms with Gasteiger partial charge in [0, 0.05) is 0 Å². The predicted molar refractivity (Wildman–Crippen MR) is 86.7 cm³/mol. The summed E-state index contributed by atoms with van der Waals surface area (Å²) < 4.78 is 33.6. The Bertz CT molecular complexity index is 829. The largest absolute Gasteiger partial charge is 0.494 e. The molecule has 1 atom stereocenters. The summed E-state index contributed by atoms with van der Waals surface area (Å²) in [6.45, 7) is 3.25. The molecule has 0 aliphatic rings. The summed E-state index contributed by atoms with van der Waals surface area (Å²) in [4.78, 5) is 11.1. The van der Waals surface area contributed by atoms with Gasteiger partial charge in [-0.2, -0.15) is 9.82 Å². The van der Waals surface area contributed by atoms with E-state index in [-0.39, 0.29) is 4.90 Å². The molecular formula is C15H19N3O5S. The fourth-order valence-corrected chi connectivity index (χ4v) is 3.37. The number of aliphatic carboxylic acids is 1. The highest BCUT2D eigenvalue weighted by Gasteiger charge is 2.29. The zero-order valence-electron chi connectivity index (χ0n) is 13.5. The van der Waals surface area contributed by atoms with Crippen molar-refractivity contribution in [1.29, 1.82) is 0 Å². The van der Waals surface area contributed by atoms with Crippen molar-refractivity contribution in [2.75, 3.05) is 7.11 Å². The fraction of sp³-hybridized carbons (Fsp3) is 0.333. The lowest BCUT2D eigenvalue weighted by molar-refractivity contribution is -0.140. The van der Waals surface area contributed by atoms with E-state index < -0.39 is 28.0 Å². The third-order valence-electron chi connectivity index (χ3n) is 3.42. The summed E-state index contributed by atoms with van der Waals surface area (Å²) in [6, 6.07) is 5.78. The molecule has 0 spiro atoms. The summed E-state index contributed by atoms with van der Waals surface area (Å²) in [5.41, 5.74) is 0.570. The second kappa shape index (κ2) is 7.02. The maximum Gasteiger partial charge on any atom is 0.322 e. The van der Waals surface area contributed by atoms with Crippen LogP contribution in [0.4, 0.5) is 0 Å². The van der Waals surface area contributed by atoms with Crippen LogP contribution in [0.25, 0.3) is 5.69 Å². The molecule has 0 aliphatic heterocycles. The second-order valence-corrected chi connectivity index (χ2v) is 7.19. The first kappa shape index (κ1) is 18.0. The van der Waals surface area contributed by atoms with E-state index in [0.717, 1.165) is 6.20 Å². The number of nitrogens with zero attached hydrogens (tertiary/aromatic N) is 2. The third kappa shape index (κ3) is 3.74. The van der Waals surface area contributed by atoms with Crippen molar-refractivity contribution < 1.29 is 23.1 Å². The monoisotopic (exact) mass is 353 g/mol. The molecule has 0 aliphatic carbocycles. The topological polar surface area (TPSA) is 111 Å². The average Bonchev–Trinajstić information content (AvgIpc) is 3.02. The van der Waals surface area contributed by atoms with Crippen molar-refractivity contribution in [3.8, 4) is 11.4 Å². The van der Waals surface area contributed by atoms with Crippen LogP contribution >= 0.6 is 0 Å². The number of ether oxygens (including phenoxy) is 1. The number of aromatic nitrogens is 2. The highest BCUT2D eigenvalue weighted by atomic mass is 32.2. The zero-order valence-corrected chi connectivity index (χ0v) is 14.3. The standard InChI is InChI=1S/C15H19N3O5S/c1-10(2)14(15(19)20)17-24(21,22)11-8-16-18(9-11)12-6-4-5-7-13(12)23-3/h4-10,14,17H,1-3H3,(H,19,20)/t14-/m0/s1. The number of hydrogen-bond acceptors (Lipinski definition) is 5. The lowest BCUT2D eigenvalue weighted by Gasteiger charge is -2.17. The molecule has 0 fully saturated rings. The van der Waals surface area contributed by atoms with E-state index in [2.05, 4.69) is 9.82 Å². The first-order chi connectivity index (χ1) is 11.3. The van der Waals surface area contributed by atoms with E-state index in [1.54, 1.807) is 38.1 Å². The highest BCUT2D eigenvalue weighted by molar-refractivity contribution is 7.89. The molecule has 8 nitrogen and oxygen atoms in total. The maximum absolute atomic E-state index is 12.4. The van der Waals surface area contributed by atoms with E-state index in [1.807, 2.05) is 0 Å². The number of carboxylic acid groups (broad SMARTS) is 1. The first-order valence-corrected chi connectivity index (χ1v) is 8.67. The molecule has 0 saturated heterocycles. The Labute approximate surface area is 140 Å². The number of hydrogen-bond donors (Lipinski definition) is 2. The molecule has 0 saturated carbocycles. The van der Waals surface area contributed by atoms with Gasteiger partial charge in [-0.05, 0) is 18.1 Å². The molecule has 0 radical (unpaired) electrons. The van der Waals surface area contributed by atoms with Crippen LogP contribution in [0.3, 0.4) is 0 Å². The molecule has 0 unspecified atom stereocenters. The minimum atomic E-state index is -4.01. The van der Waals surface area contributed by atoms with Crippen molar-refractivity contribution in [2.24, 2.45) is 5.92 Å². The maximum atomic E-state index is 12.4. The van der Waals surface area contributed by atoms with Gasteiger partial charge >= 0.3 is 5.97 Å². The molecule has 130 valence electrons. The van der Waals surface area contributed by atoms with Gasteiger partial charge in [-0.1, -0.05) is 26.0 Å². The summed E-state index contributed by atoms with van der Waals surface area (Å²) in [7, 11) is -2.51. The van der Waals surface area contributed by atoms with Gasteiger partial charge in [0.05, 0.1) is 19.5 Å². The summed E-state index contributed by atoms with van der Waals surface area (Å²) in [6.07, 6.45) is 2.47. The number of benzene rings is 1. The average molecular weight is 353 g/mol. The second-order valence-electron chi connectivity index (χ2n) is 5.47. The van der Waals surface area contributed by atoms with Gasteiger partial charge in [-0.15, -0.1) is 0 Å². The van der Waals surface area contributed by atoms with E-state index in [4.69, 9.17) is 9.84 Å². The molecule has 1 aromatic heterocycles. The molecule has 2 aromatic rings. The molecule has 2 rings (SSSR count). The van der Waals surface area contributed by atoms with E-state index in [9.17, 15) is 13.2 Å². The number of carbonyl (C=O) groups is 1. The van der Waals surface area contributed by atoms with Crippen LogP contribution in [0, 0.1) is 5.92 Å². The predicted octanol–water partition coefficient (Wildman–Crippen LogP) is 1.27. The molecule has 0 bridgehead atoms. The van der Waals surface area contributed by atoms with Crippen LogP contribution in [0.5, 0.6) is 5.75 Å². The van der Waals surface area contributed by atoms with Gasteiger partial charge in [0.2, 0.25) is 10.0 Å². The Kier molecular flexibility index (Phi) is 5.25. The van der Waals surface area contributed by atoms with Gasteiger partial charge in [0.1, 0.15) is 22.4 Å². The molecule has 2 N–H and O–H groups in total. The zero-order chi connectivity index (χ0) is 17.9. The number of carboxylic acids is 1. The minimum Gasteiger partial charge on any atom is -0.494 e. The van der Waals surface area contributed by atoms with Crippen LogP contribution in [0.2, 0.25) is 0 Å². The van der Waals surface area contributed by atoms with Gasteiger partial charge in [0.15, 0.2) is 0 Å². The van der Waals surface area contributed by atoms with Crippen molar-refractivity contribution in [1.82, 2.24) is 14.5 Å². The smallest absolute Gasteiger partial charge is 0.322 e. The van der Waals surface area contributed by atoms with Crippen LogP contribution in [-0.2, 0) is 14.8 Å². The van der Waals surface area contributed by atoms with Gasteiger partial charge in [-0.3, -0.25) is 4.79 Å². The first-order valence-electron chi connectivity index (χ1n) is 7.19. The van der Waals surface area contributed by atoms with Crippen molar-refractivity contribution in [2.45, 2.75) is 24.8 Å². The Morgan fingerprint density at radius 3 is 2.58 bits per heavy atom. The molecule has 1 aromatic carbocycles. The van der Waals surface area contributed by atoms with E-state index in [0.29, 0.717) is 11.4 Å². The molecule has 24 heavy (non-hydrogen) atoms. The number of para-hydroxylation sites is 2. The van der Waals surface area contributed by atoms with Crippen LogP contribution < -0.4 is 9.46 Å². The van der Waals surface area contributed by atoms with Gasteiger partial charge in [-0.25, -0.2) is 13.1 Å². The lowest BCUT2D eigenvalue weighted by atomic mass is 10.1. The van der Waals surface area contributed by atoms with Crippen molar-refractivity contribution >= 4 is 16.0 Å². The fourth-order valence-electron chi connectivity index (χ4n) is 2.10. The minimum absolute atomic E-state index is 0.125. The molecule has 0 amide bonds. The van der Waals surface area contributed by atoms with E-state index >= 15 is 0 Å². The van der Waals surface area contributed by atoms with E-state index in [1.165, 1.54) is 18.0 Å². The quantitative estimate of drug-likeness (QED) is 0.775. The van der Waals surface area contributed by atoms with Crippen LogP contribution in [0.15, 0.2) is 41.6 Å². The SMILES string of the molecule is COc1ccccc1-n1cc(S(=O)(=O)N[C@H](C(=O)O)C(C)C)cn1. The number of rotatable bonds is 7. The van der Waals surface area contributed by atoms with Crippen LogP contribution in [-0.4, -0.2) is 42.4 Å².